The SMILES string of the molecule is CC(C)(O)c1cn2c(N3CCNCC3)cccc2n1. The predicted molar refractivity (Wildman–Crippen MR) is 75.5 cm³/mol. The van der Waals surface area contributed by atoms with Gasteiger partial charge in [0, 0.05) is 32.4 Å². The Labute approximate surface area is 112 Å². The number of aliphatic hydroxyl groups is 1. The van der Waals surface area contributed by atoms with Crippen molar-refractivity contribution < 1.29 is 5.11 Å². The van der Waals surface area contributed by atoms with Gasteiger partial charge in [0.15, 0.2) is 0 Å². The number of hydrogen-bond donors (Lipinski definition) is 2. The van der Waals surface area contributed by atoms with E-state index in [2.05, 4.69) is 25.7 Å². The predicted octanol–water partition coefficient (Wildman–Crippen LogP) is 0.971. The van der Waals surface area contributed by atoms with Gasteiger partial charge in [-0.15, -0.1) is 0 Å². The Morgan fingerprint density at radius 1 is 1.26 bits per heavy atom. The average molecular weight is 260 g/mol. The Bertz CT molecular complexity index is 579. The van der Waals surface area contributed by atoms with E-state index < -0.39 is 5.60 Å². The highest BCUT2D eigenvalue weighted by Gasteiger charge is 2.21. The zero-order valence-electron chi connectivity index (χ0n) is 11.4. The first-order valence-corrected chi connectivity index (χ1v) is 6.72. The van der Waals surface area contributed by atoms with Crippen molar-refractivity contribution in [3.63, 3.8) is 0 Å². The van der Waals surface area contributed by atoms with Crippen molar-refractivity contribution in [2.75, 3.05) is 31.1 Å². The van der Waals surface area contributed by atoms with Crippen LogP contribution in [0.15, 0.2) is 24.4 Å². The lowest BCUT2D eigenvalue weighted by Crippen LogP contribution is -2.44. The summed E-state index contributed by atoms with van der Waals surface area (Å²) in [5, 5.41) is 13.4. The fourth-order valence-corrected chi connectivity index (χ4v) is 2.44. The molecule has 1 aliphatic heterocycles. The Morgan fingerprint density at radius 3 is 2.68 bits per heavy atom. The first kappa shape index (κ1) is 12.4. The summed E-state index contributed by atoms with van der Waals surface area (Å²) in [7, 11) is 0. The van der Waals surface area contributed by atoms with Gasteiger partial charge in [-0.05, 0) is 26.0 Å². The van der Waals surface area contributed by atoms with Crippen molar-refractivity contribution in [1.82, 2.24) is 14.7 Å². The van der Waals surface area contributed by atoms with Gasteiger partial charge in [0.2, 0.25) is 0 Å². The van der Waals surface area contributed by atoms with Gasteiger partial charge in [-0.25, -0.2) is 4.98 Å². The molecule has 1 saturated heterocycles. The van der Waals surface area contributed by atoms with Crippen LogP contribution >= 0.6 is 0 Å². The van der Waals surface area contributed by atoms with E-state index in [-0.39, 0.29) is 0 Å². The molecule has 0 bridgehead atoms. The van der Waals surface area contributed by atoms with Gasteiger partial charge in [0.1, 0.15) is 17.1 Å². The van der Waals surface area contributed by atoms with E-state index in [0.717, 1.165) is 37.6 Å². The normalized spacial score (nSPS) is 17.1. The molecule has 19 heavy (non-hydrogen) atoms. The van der Waals surface area contributed by atoms with E-state index in [1.54, 1.807) is 13.8 Å². The van der Waals surface area contributed by atoms with Gasteiger partial charge in [0.25, 0.3) is 0 Å². The lowest BCUT2D eigenvalue weighted by Gasteiger charge is -2.29. The summed E-state index contributed by atoms with van der Waals surface area (Å²) in [6, 6.07) is 6.10. The Morgan fingerprint density at radius 2 is 2.00 bits per heavy atom. The number of aromatic nitrogens is 2. The summed E-state index contributed by atoms with van der Waals surface area (Å²) in [5.74, 6) is 1.14. The Hall–Kier alpha value is -1.59. The molecule has 0 amide bonds. The smallest absolute Gasteiger partial charge is 0.138 e. The van der Waals surface area contributed by atoms with Crippen LogP contribution < -0.4 is 10.2 Å². The van der Waals surface area contributed by atoms with E-state index in [9.17, 15) is 5.11 Å². The molecule has 3 rings (SSSR count). The first-order valence-electron chi connectivity index (χ1n) is 6.72. The van der Waals surface area contributed by atoms with Crippen molar-refractivity contribution in [2.45, 2.75) is 19.4 Å². The summed E-state index contributed by atoms with van der Waals surface area (Å²) in [6.45, 7) is 7.52. The topological polar surface area (TPSA) is 52.8 Å². The van der Waals surface area contributed by atoms with Gasteiger partial charge in [0.05, 0.1) is 5.69 Å². The van der Waals surface area contributed by atoms with Crippen molar-refractivity contribution in [1.29, 1.82) is 0 Å². The Kier molecular flexibility index (Phi) is 2.95. The fraction of sp³-hybridized carbons (Fsp3) is 0.500. The number of nitrogens with one attached hydrogen (secondary N) is 1. The molecule has 0 aromatic carbocycles. The number of nitrogens with zero attached hydrogens (tertiary/aromatic N) is 3. The van der Waals surface area contributed by atoms with E-state index in [0.29, 0.717) is 5.69 Å². The van der Waals surface area contributed by atoms with Gasteiger partial charge in [-0.3, -0.25) is 4.40 Å². The molecule has 0 aliphatic carbocycles. The van der Waals surface area contributed by atoms with Crippen LogP contribution in [0.3, 0.4) is 0 Å². The highest BCUT2D eigenvalue weighted by Crippen LogP contribution is 2.23. The molecule has 5 heteroatoms. The molecule has 2 N–H and O–H groups in total. The molecule has 0 spiro atoms. The molecule has 1 fully saturated rings. The fourth-order valence-electron chi connectivity index (χ4n) is 2.44. The van der Waals surface area contributed by atoms with Crippen LogP contribution in [0.25, 0.3) is 5.65 Å². The molecular formula is C14H20N4O. The maximum atomic E-state index is 10.1. The van der Waals surface area contributed by atoms with Gasteiger partial charge < -0.3 is 15.3 Å². The summed E-state index contributed by atoms with van der Waals surface area (Å²) in [5.41, 5.74) is 0.676. The third kappa shape index (κ3) is 2.31. The number of anilines is 1. The van der Waals surface area contributed by atoms with Crippen molar-refractivity contribution in [3.8, 4) is 0 Å². The zero-order chi connectivity index (χ0) is 13.5. The number of piperazine rings is 1. The summed E-state index contributed by atoms with van der Waals surface area (Å²) in [6.07, 6.45) is 1.94. The lowest BCUT2D eigenvalue weighted by atomic mass is 10.1. The number of hydrogen-bond acceptors (Lipinski definition) is 4. The summed E-state index contributed by atoms with van der Waals surface area (Å²) >= 11 is 0. The van der Waals surface area contributed by atoms with Crippen LogP contribution in [0.4, 0.5) is 5.82 Å². The minimum Gasteiger partial charge on any atom is -0.384 e. The van der Waals surface area contributed by atoms with Crippen LogP contribution in [0.1, 0.15) is 19.5 Å². The van der Waals surface area contributed by atoms with E-state index in [1.807, 2.05) is 18.3 Å². The summed E-state index contributed by atoms with van der Waals surface area (Å²) in [4.78, 5) is 6.86. The molecule has 0 saturated carbocycles. The lowest BCUT2D eigenvalue weighted by molar-refractivity contribution is 0.0744. The number of rotatable bonds is 2. The maximum Gasteiger partial charge on any atom is 0.138 e. The first-order chi connectivity index (χ1) is 9.05. The minimum atomic E-state index is -0.910. The zero-order valence-corrected chi connectivity index (χ0v) is 11.4. The largest absolute Gasteiger partial charge is 0.384 e. The van der Waals surface area contributed by atoms with Gasteiger partial charge >= 0.3 is 0 Å². The second-order valence-corrected chi connectivity index (χ2v) is 5.53. The number of pyridine rings is 1. The van der Waals surface area contributed by atoms with Crippen LogP contribution in [-0.4, -0.2) is 40.7 Å². The highest BCUT2D eigenvalue weighted by atomic mass is 16.3. The molecular weight excluding hydrogens is 240 g/mol. The molecule has 2 aromatic heterocycles. The monoisotopic (exact) mass is 260 g/mol. The summed E-state index contributed by atoms with van der Waals surface area (Å²) < 4.78 is 2.07. The molecule has 0 radical (unpaired) electrons. The van der Waals surface area contributed by atoms with E-state index >= 15 is 0 Å². The van der Waals surface area contributed by atoms with Gasteiger partial charge in [-0.1, -0.05) is 6.07 Å². The van der Waals surface area contributed by atoms with Crippen LogP contribution in [0, 0.1) is 0 Å². The minimum absolute atomic E-state index is 0.704. The molecule has 5 nitrogen and oxygen atoms in total. The molecule has 0 unspecified atom stereocenters. The standard InChI is InChI=1S/C14H20N4O/c1-14(2,19)11-10-18-12(16-11)4-3-5-13(18)17-8-6-15-7-9-17/h3-5,10,15,19H,6-9H2,1-2H3. The van der Waals surface area contributed by atoms with Crippen LogP contribution in [0.2, 0.25) is 0 Å². The third-order valence-electron chi connectivity index (χ3n) is 3.54. The average Bonchev–Trinajstić information content (AvgIpc) is 2.83. The number of imidazole rings is 1. The highest BCUT2D eigenvalue weighted by molar-refractivity contribution is 5.53. The van der Waals surface area contributed by atoms with Crippen molar-refractivity contribution in [2.24, 2.45) is 0 Å². The second kappa shape index (κ2) is 4.51. The Balaban J connectivity index is 2.07. The van der Waals surface area contributed by atoms with Crippen LogP contribution in [-0.2, 0) is 5.60 Å². The van der Waals surface area contributed by atoms with E-state index in [1.165, 1.54) is 0 Å². The number of fused-ring (bicyclic) bond motifs is 1. The molecule has 2 aromatic rings. The molecule has 0 atom stereocenters. The van der Waals surface area contributed by atoms with Crippen molar-refractivity contribution >= 4 is 11.5 Å². The second-order valence-electron chi connectivity index (χ2n) is 5.53. The third-order valence-corrected chi connectivity index (χ3v) is 3.54. The maximum absolute atomic E-state index is 10.1. The molecule has 1 aliphatic rings. The quantitative estimate of drug-likeness (QED) is 0.845. The van der Waals surface area contributed by atoms with E-state index in [4.69, 9.17) is 0 Å². The van der Waals surface area contributed by atoms with Gasteiger partial charge in [-0.2, -0.15) is 0 Å². The molecule has 3 heterocycles. The van der Waals surface area contributed by atoms with Crippen LogP contribution in [0.5, 0.6) is 0 Å². The molecule has 102 valence electrons. The van der Waals surface area contributed by atoms with Crippen molar-refractivity contribution in [3.05, 3.63) is 30.1 Å².